The Kier molecular flexibility index (Phi) is 13.5. The number of phenols is 2. The molecule has 0 aromatic heterocycles. The molecule has 0 heterocycles. The fourth-order valence-corrected chi connectivity index (χ4v) is 44.6. The zero-order valence-electron chi connectivity index (χ0n) is 34.9. The molecule has 0 amide bonds. The maximum Gasteiger partial charge on any atom is 0.191 e. The Labute approximate surface area is 336 Å². The van der Waals surface area contributed by atoms with Crippen LogP contribution in [0.4, 0.5) is 0 Å². The summed E-state index contributed by atoms with van der Waals surface area (Å²) >= 11 is 13.3. The molecule has 4 nitrogen and oxygen atoms in total. The molecule has 0 bridgehead atoms. The van der Waals surface area contributed by atoms with Gasteiger partial charge in [0.05, 0.1) is 0 Å². The first-order valence-corrected chi connectivity index (χ1v) is 34.7. The summed E-state index contributed by atoms with van der Waals surface area (Å²) in [6.07, 6.45) is 0. The average Bonchev–Trinajstić information content (AvgIpc) is 2.88. The Morgan fingerprint density at radius 3 is 0.962 bits per heavy atom. The van der Waals surface area contributed by atoms with Gasteiger partial charge in [0.25, 0.3) is 0 Å². The molecule has 0 saturated carbocycles. The van der Waals surface area contributed by atoms with Crippen LogP contribution in [-0.2, 0) is 45.3 Å². The largest absolute Gasteiger partial charge is 0.507 e. The van der Waals surface area contributed by atoms with Gasteiger partial charge in [-0.05, 0) is 81.7 Å². The van der Waals surface area contributed by atoms with E-state index in [1.165, 1.54) is 0 Å². The van der Waals surface area contributed by atoms with Crippen molar-refractivity contribution in [3.8, 4) is 23.0 Å². The number of aromatic hydroxyl groups is 2. The highest BCUT2D eigenvalue weighted by Crippen LogP contribution is 2.65. The average molecular weight is 855 g/mol. The molecular weight excluding hydrogens is 791 g/mol. The highest BCUT2D eigenvalue weighted by Gasteiger charge is 2.37. The molecule has 0 aliphatic carbocycles. The molecule has 12 heteroatoms. The van der Waals surface area contributed by atoms with E-state index in [1.807, 2.05) is 45.9 Å². The van der Waals surface area contributed by atoms with E-state index in [0.717, 1.165) is 32.9 Å². The van der Waals surface area contributed by atoms with Crippen molar-refractivity contribution in [3.63, 3.8) is 0 Å². The van der Waals surface area contributed by atoms with Crippen LogP contribution in [0, 0.1) is 0 Å². The molecule has 3 aromatic carbocycles. The maximum atomic E-state index is 11.5. The number of hydrogen-bond donors (Lipinski definition) is 2. The highest BCUT2D eigenvalue weighted by atomic mass is 33.0. The lowest BCUT2D eigenvalue weighted by Crippen LogP contribution is -2.24. The first kappa shape index (κ1) is 45.7. The third-order valence-corrected chi connectivity index (χ3v) is 38.7. The van der Waals surface area contributed by atoms with Crippen molar-refractivity contribution in [2.24, 2.45) is 0 Å². The van der Waals surface area contributed by atoms with Gasteiger partial charge in [-0.1, -0.05) is 128 Å². The lowest BCUT2D eigenvalue weighted by atomic mass is 9.79. The van der Waals surface area contributed by atoms with E-state index in [0.29, 0.717) is 23.0 Å². The molecule has 3 aromatic rings. The zero-order chi connectivity index (χ0) is 40.3. The minimum absolute atomic E-state index is 0.295. The van der Waals surface area contributed by atoms with Gasteiger partial charge in [0.2, 0.25) is 0 Å². The molecule has 0 fully saturated rings. The SMILES string of the molecule is CC(C)(C)c1cc(P(=S)(Oc2cccc(OP(=S)(S[Si](C)(C)C)c3cc(C(C)(C)C)c(O)c(C(C)(C)C)c3)c2)S[Si](C)(C)C)cc(C(C)(C)C)c1O. The highest BCUT2D eigenvalue weighted by molar-refractivity contribution is 8.82. The van der Waals surface area contributed by atoms with E-state index in [1.54, 1.807) is 0 Å². The zero-order valence-corrected chi connectivity index (χ0v) is 41.9. The Morgan fingerprint density at radius 1 is 0.500 bits per heavy atom. The van der Waals surface area contributed by atoms with Crippen molar-refractivity contribution in [3.05, 3.63) is 70.8 Å². The number of rotatable bonds is 10. The molecule has 2 unspecified atom stereocenters. The van der Waals surface area contributed by atoms with Crippen LogP contribution in [0.1, 0.15) is 105 Å². The van der Waals surface area contributed by atoms with Crippen molar-refractivity contribution in [1.82, 2.24) is 0 Å². The first-order chi connectivity index (χ1) is 23.1. The summed E-state index contributed by atoms with van der Waals surface area (Å²) in [7, 11) is -0.0245. The Hall–Kier alpha value is -0.706. The second-order valence-electron chi connectivity index (χ2n) is 19.8. The summed E-state index contributed by atoms with van der Waals surface area (Å²) in [4.78, 5) is 0. The molecule has 3 rings (SSSR count). The fraction of sp³-hybridized carbons (Fsp3) is 0.550. The molecule has 2 atom stereocenters. The van der Waals surface area contributed by atoms with Crippen LogP contribution < -0.4 is 19.7 Å². The van der Waals surface area contributed by atoms with E-state index >= 15 is 0 Å². The van der Waals surface area contributed by atoms with E-state index in [-0.39, 0.29) is 21.7 Å². The van der Waals surface area contributed by atoms with Crippen LogP contribution in [0.3, 0.4) is 0 Å². The number of benzene rings is 3. The van der Waals surface area contributed by atoms with Crippen molar-refractivity contribution in [1.29, 1.82) is 0 Å². The number of hydrogen-bond acceptors (Lipinski definition) is 8. The lowest BCUT2D eigenvalue weighted by molar-refractivity contribution is 0.423. The summed E-state index contributed by atoms with van der Waals surface area (Å²) in [6.45, 7) is 39.3. The van der Waals surface area contributed by atoms with Crippen molar-refractivity contribution < 1.29 is 19.3 Å². The minimum atomic E-state index is -2.74. The van der Waals surface area contributed by atoms with Gasteiger partial charge in [-0.3, -0.25) is 0 Å². The van der Waals surface area contributed by atoms with E-state index in [9.17, 15) is 10.2 Å². The predicted octanol–water partition coefficient (Wildman–Crippen LogP) is 13.5. The third-order valence-electron chi connectivity index (χ3n) is 8.10. The number of phenolic OH excluding ortho intramolecular Hbond substituents is 2. The standard InChI is InChI=1S/C40H64O4P2S4Si2/c1-37(2,3)31-23-29(24-32(35(31)41)38(4,5)6)45(47,49-51(13,14)15)43-27-20-19-21-28(22-27)44-46(48,50-52(16,17)18)30-25-33(39(7,8)9)36(42)34(26-30)40(10,11)12/h19-26,41-42H,1-18H3. The minimum Gasteiger partial charge on any atom is -0.507 e. The molecule has 0 saturated heterocycles. The Bertz CT molecular complexity index is 1680. The van der Waals surface area contributed by atoms with Crippen molar-refractivity contribution in [2.45, 2.75) is 144 Å². The molecule has 0 aliphatic heterocycles. The van der Waals surface area contributed by atoms with Crippen molar-refractivity contribution in [2.75, 3.05) is 0 Å². The molecule has 290 valence electrons. The quantitative estimate of drug-likeness (QED) is 0.154. The van der Waals surface area contributed by atoms with Gasteiger partial charge in [-0.2, -0.15) is 0 Å². The second kappa shape index (κ2) is 15.3. The molecule has 2 N–H and O–H groups in total. The van der Waals surface area contributed by atoms with E-state index in [4.69, 9.17) is 32.7 Å². The van der Waals surface area contributed by atoms with Crippen LogP contribution in [0.2, 0.25) is 39.3 Å². The maximum absolute atomic E-state index is 11.5. The van der Waals surface area contributed by atoms with Crippen LogP contribution in [0.5, 0.6) is 23.0 Å². The smallest absolute Gasteiger partial charge is 0.191 e. The fourth-order valence-electron chi connectivity index (χ4n) is 5.68. The van der Waals surface area contributed by atoms with Gasteiger partial charge in [0, 0.05) is 38.9 Å². The molecule has 0 radical (unpaired) electrons. The Morgan fingerprint density at radius 2 is 0.750 bits per heavy atom. The van der Waals surface area contributed by atoms with Crippen LogP contribution in [0.25, 0.3) is 0 Å². The lowest BCUT2D eigenvalue weighted by Gasteiger charge is -2.34. The van der Waals surface area contributed by atoms with Crippen LogP contribution in [0.15, 0.2) is 48.5 Å². The Balaban J connectivity index is 2.26. The van der Waals surface area contributed by atoms with Crippen molar-refractivity contribution >= 4 is 81.3 Å². The first-order valence-electron chi connectivity index (χ1n) is 17.9. The summed E-state index contributed by atoms with van der Waals surface area (Å²) in [5.41, 5.74) is -3.16. The van der Waals surface area contributed by atoms with Gasteiger partial charge in [-0.15, -0.1) is 21.7 Å². The van der Waals surface area contributed by atoms with Gasteiger partial charge >= 0.3 is 0 Å². The van der Waals surface area contributed by atoms with E-state index < -0.39 is 25.4 Å². The normalized spacial score (nSPS) is 15.9. The molecular formula is C40H64O4P2S4Si2. The van der Waals surface area contributed by atoms with Crippen LogP contribution >= 0.6 is 32.6 Å². The van der Waals surface area contributed by atoms with Gasteiger partial charge in [-0.25, -0.2) is 0 Å². The predicted molar refractivity (Wildman–Crippen MR) is 248 cm³/mol. The molecule has 0 aliphatic rings. The molecule has 52 heavy (non-hydrogen) atoms. The van der Waals surface area contributed by atoms with Gasteiger partial charge in [0.15, 0.2) is 10.9 Å². The topological polar surface area (TPSA) is 58.9 Å². The van der Waals surface area contributed by atoms with Gasteiger partial charge < -0.3 is 19.3 Å². The second-order valence-corrected chi connectivity index (χ2v) is 51.3. The van der Waals surface area contributed by atoms with E-state index in [2.05, 4.69) is 147 Å². The summed E-state index contributed by atoms with van der Waals surface area (Å²) in [5.74, 6) is 1.96. The summed E-state index contributed by atoms with van der Waals surface area (Å²) < 4.78 is 14.1. The van der Waals surface area contributed by atoms with Crippen LogP contribution in [-0.4, -0.2) is 24.7 Å². The molecule has 0 spiro atoms. The van der Waals surface area contributed by atoms with Gasteiger partial charge in [0.1, 0.15) is 37.4 Å². The summed E-state index contributed by atoms with van der Waals surface area (Å²) in [6, 6.07) is 16.2. The summed E-state index contributed by atoms with van der Waals surface area (Å²) in [5, 5.41) is 25.0. The monoisotopic (exact) mass is 854 g/mol. The third kappa shape index (κ3) is 11.7.